The molecule has 1 aromatic rings. The molecule has 1 aromatic carbocycles. The van der Waals surface area contributed by atoms with Crippen molar-refractivity contribution in [1.29, 1.82) is 0 Å². The zero-order chi connectivity index (χ0) is 19.0. The maximum Gasteiger partial charge on any atom is 0.243 e. The summed E-state index contributed by atoms with van der Waals surface area (Å²) in [5, 5.41) is 2.77. The lowest BCUT2D eigenvalue weighted by Crippen LogP contribution is -2.35. The van der Waals surface area contributed by atoms with Gasteiger partial charge in [-0.3, -0.25) is 4.79 Å². The molecule has 0 aromatic heterocycles. The number of nitrogens with one attached hydrogen (secondary N) is 1. The number of ether oxygens (including phenoxy) is 2. The Morgan fingerprint density at radius 2 is 1.96 bits per heavy atom. The van der Waals surface area contributed by atoms with Crippen LogP contribution in [-0.2, 0) is 19.6 Å². The van der Waals surface area contributed by atoms with Crippen molar-refractivity contribution in [3.05, 3.63) is 18.2 Å². The molecule has 8 heteroatoms. The summed E-state index contributed by atoms with van der Waals surface area (Å²) in [6, 6.07) is 4.63. The largest absolute Gasteiger partial charge is 0.492 e. The number of hydrogen-bond acceptors (Lipinski definition) is 5. The predicted molar refractivity (Wildman–Crippen MR) is 100.0 cm³/mol. The standard InChI is InChI=1S/C18H28N2O5S/c1-3-25-17-10-9-15(26(22,23)20-11-5-4-6-12-20)14-16(17)19-18(21)8-7-13-24-2/h9-10,14H,3-8,11-13H2,1-2H3,(H,19,21). The molecule has 26 heavy (non-hydrogen) atoms. The van der Waals surface area contributed by atoms with E-state index in [2.05, 4.69) is 5.32 Å². The summed E-state index contributed by atoms with van der Waals surface area (Å²) in [7, 11) is -1.98. The van der Waals surface area contributed by atoms with E-state index in [1.54, 1.807) is 13.2 Å². The van der Waals surface area contributed by atoms with E-state index in [1.807, 2.05) is 6.92 Å². The zero-order valence-corrected chi connectivity index (χ0v) is 16.3. The Morgan fingerprint density at radius 3 is 2.62 bits per heavy atom. The van der Waals surface area contributed by atoms with E-state index in [9.17, 15) is 13.2 Å². The minimum Gasteiger partial charge on any atom is -0.492 e. The van der Waals surface area contributed by atoms with Gasteiger partial charge < -0.3 is 14.8 Å². The number of rotatable bonds is 9. The fourth-order valence-corrected chi connectivity index (χ4v) is 4.44. The first-order valence-electron chi connectivity index (χ1n) is 9.05. The van der Waals surface area contributed by atoms with Crippen LogP contribution < -0.4 is 10.1 Å². The Kier molecular flexibility index (Phi) is 7.86. The van der Waals surface area contributed by atoms with E-state index in [-0.39, 0.29) is 10.8 Å². The number of piperidine rings is 1. The number of nitrogens with zero attached hydrogens (tertiary/aromatic N) is 1. The second-order valence-electron chi connectivity index (χ2n) is 6.20. The van der Waals surface area contributed by atoms with Gasteiger partial charge in [-0.1, -0.05) is 6.42 Å². The van der Waals surface area contributed by atoms with Crippen LogP contribution in [0.2, 0.25) is 0 Å². The average Bonchev–Trinajstić information content (AvgIpc) is 2.64. The molecule has 2 rings (SSSR count). The quantitative estimate of drug-likeness (QED) is 0.662. The molecule has 1 amide bonds. The van der Waals surface area contributed by atoms with Gasteiger partial charge in [0.1, 0.15) is 5.75 Å². The van der Waals surface area contributed by atoms with Crippen LogP contribution in [0.1, 0.15) is 39.0 Å². The lowest BCUT2D eigenvalue weighted by molar-refractivity contribution is -0.116. The highest BCUT2D eigenvalue weighted by atomic mass is 32.2. The lowest BCUT2D eigenvalue weighted by Gasteiger charge is -2.26. The van der Waals surface area contributed by atoms with Crippen LogP contribution in [0.5, 0.6) is 5.75 Å². The zero-order valence-electron chi connectivity index (χ0n) is 15.5. The summed E-state index contributed by atoms with van der Waals surface area (Å²) in [6.07, 6.45) is 3.69. The molecule has 0 spiro atoms. The van der Waals surface area contributed by atoms with Gasteiger partial charge in [0.15, 0.2) is 0 Å². The summed E-state index contributed by atoms with van der Waals surface area (Å²) in [5.41, 5.74) is 0.382. The van der Waals surface area contributed by atoms with Crippen LogP contribution in [0.25, 0.3) is 0 Å². The summed E-state index contributed by atoms with van der Waals surface area (Å²) in [6.45, 7) is 3.82. The second kappa shape index (κ2) is 9.89. The third-order valence-electron chi connectivity index (χ3n) is 4.23. The number of carbonyl (C=O) groups is 1. The van der Waals surface area contributed by atoms with Crippen LogP contribution in [-0.4, -0.2) is 52.0 Å². The van der Waals surface area contributed by atoms with Gasteiger partial charge in [0.25, 0.3) is 0 Å². The highest BCUT2D eigenvalue weighted by Crippen LogP contribution is 2.30. The first-order chi connectivity index (χ1) is 12.5. The molecule has 1 N–H and O–H groups in total. The monoisotopic (exact) mass is 384 g/mol. The molecule has 0 radical (unpaired) electrons. The first kappa shape index (κ1) is 20.7. The van der Waals surface area contributed by atoms with Crippen molar-refractivity contribution in [2.45, 2.75) is 43.9 Å². The van der Waals surface area contributed by atoms with Gasteiger partial charge >= 0.3 is 0 Å². The average molecular weight is 384 g/mol. The molecule has 1 heterocycles. The maximum absolute atomic E-state index is 12.9. The third-order valence-corrected chi connectivity index (χ3v) is 6.12. The van der Waals surface area contributed by atoms with Crippen molar-refractivity contribution in [2.75, 3.05) is 38.7 Å². The third kappa shape index (κ3) is 5.43. The number of methoxy groups -OCH3 is 1. The number of carbonyl (C=O) groups excluding carboxylic acids is 1. The van der Waals surface area contributed by atoms with Crippen LogP contribution in [0.4, 0.5) is 5.69 Å². The molecule has 7 nitrogen and oxygen atoms in total. The molecule has 146 valence electrons. The van der Waals surface area contributed by atoms with E-state index in [0.717, 1.165) is 19.3 Å². The first-order valence-corrected chi connectivity index (χ1v) is 10.5. The summed E-state index contributed by atoms with van der Waals surface area (Å²) in [4.78, 5) is 12.3. The smallest absolute Gasteiger partial charge is 0.243 e. The van der Waals surface area contributed by atoms with Crippen molar-refractivity contribution >= 4 is 21.6 Å². The van der Waals surface area contributed by atoms with Gasteiger partial charge in [0, 0.05) is 33.2 Å². The van der Waals surface area contributed by atoms with Crippen molar-refractivity contribution in [3.8, 4) is 5.75 Å². The Hall–Kier alpha value is -1.64. The molecule has 1 aliphatic rings. The van der Waals surface area contributed by atoms with Gasteiger partial charge in [0.2, 0.25) is 15.9 Å². The van der Waals surface area contributed by atoms with E-state index in [4.69, 9.17) is 9.47 Å². The van der Waals surface area contributed by atoms with Gasteiger partial charge in [-0.25, -0.2) is 8.42 Å². The minimum absolute atomic E-state index is 0.176. The lowest BCUT2D eigenvalue weighted by atomic mass is 10.2. The van der Waals surface area contributed by atoms with Crippen LogP contribution >= 0.6 is 0 Å². The molecule has 0 atom stereocenters. The molecule has 1 saturated heterocycles. The van der Waals surface area contributed by atoms with Gasteiger partial charge in [-0.05, 0) is 44.4 Å². The molecule has 0 aliphatic carbocycles. The van der Waals surface area contributed by atoms with Crippen molar-refractivity contribution in [1.82, 2.24) is 4.31 Å². The van der Waals surface area contributed by atoms with Crippen molar-refractivity contribution in [2.24, 2.45) is 0 Å². The van der Waals surface area contributed by atoms with Crippen molar-refractivity contribution in [3.63, 3.8) is 0 Å². The van der Waals surface area contributed by atoms with E-state index in [0.29, 0.717) is 50.6 Å². The molecular formula is C18H28N2O5S. The molecular weight excluding hydrogens is 356 g/mol. The Morgan fingerprint density at radius 1 is 1.23 bits per heavy atom. The number of benzene rings is 1. The Labute approximate surface area is 155 Å². The maximum atomic E-state index is 12.9. The number of anilines is 1. The normalized spacial score (nSPS) is 15.6. The van der Waals surface area contributed by atoms with Crippen LogP contribution in [0, 0.1) is 0 Å². The fourth-order valence-electron chi connectivity index (χ4n) is 2.89. The van der Waals surface area contributed by atoms with E-state index >= 15 is 0 Å². The van der Waals surface area contributed by atoms with Gasteiger partial charge in [0.05, 0.1) is 17.2 Å². The van der Waals surface area contributed by atoms with E-state index < -0.39 is 10.0 Å². The molecule has 0 saturated carbocycles. The second-order valence-corrected chi connectivity index (χ2v) is 8.14. The molecule has 1 aliphatic heterocycles. The molecule has 0 unspecified atom stereocenters. The highest BCUT2D eigenvalue weighted by Gasteiger charge is 2.27. The summed E-state index contributed by atoms with van der Waals surface area (Å²) >= 11 is 0. The summed E-state index contributed by atoms with van der Waals surface area (Å²) in [5.74, 6) is 0.265. The van der Waals surface area contributed by atoms with E-state index in [1.165, 1.54) is 16.4 Å². The number of hydrogen-bond donors (Lipinski definition) is 1. The molecule has 1 fully saturated rings. The Bertz CT molecular complexity index is 700. The number of sulfonamides is 1. The SMILES string of the molecule is CCOc1ccc(S(=O)(=O)N2CCCCC2)cc1NC(=O)CCCOC. The Balaban J connectivity index is 2.22. The number of amides is 1. The topological polar surface area (TPSA) is 84.9 Å². The summed E-state index contributed by atoms with van der Waals surface area (Å²) < 4.78 is 37.7. The minimum atomic E-state index is -3.57. The van der Waals surface area contributed by atoms with Gasteiger partial charge in [-0.2, -0.15) is 4.31 Å². The van der Waals surface area contributed by atoms with Gasteiger partial charge in [-0.15, -0.1) is 0 Å². The van der Waals surface area contributed by atoms with Crippen molar-refractivity contribution < 1.29 is 22.7 Å². The highest BCUT2D eigenvalue weighted by molar-refractivity contribution is 7.89. The predicted octanol–water partition coefficient (Wildman–Crippen LogP) is 2.63. The van der Waals surface area contributed by atoms with Crippen LogP contribution in [0.3, 0.4) is 0 Å². The fraction of sp³-hybridized carbons (Fsp3) is 0.611. The molecule has 0 bridgehead atoms. The van der Waals surface area contributed by atoms with Crippen LogP contribution in [0.15, 0.2) is 23.1 Å².